The number of hydrogen-bond acceptors (Lipinski definition) is 8. The second-order valence-corrected chi connectivity index (χ2v) is 14.7. The van der Waals surface area contributed by atoms with E-state index in [1.807, 2.05) is 20.8 Å². The Morgan fingerprint density at radius 2 is 1.70 bits per heavy atom. The Bertz CT molecular complexity index is 1540. The zero-order chi connectivity index (χ0) is 28.4. The molecule has 0 bridgehead atoms. The second-order valence-electron chi connectivity index (χ2n) is 9.84. The molecule has 9 nitrogen and oxygen atoms in total. The quantitative estimate of drug-likeness (QED) is 0.321. The first-order valence-electron chi connectivity index (χ1n) is 13.2. The molecule has 2 aromatic carbocycles. The summed E-state index contributed by atoms with van der Waals surface area (Å²) < 4.78 is 53.4. The van der Waals surface area contributed by atoms with Crippen molar-refractivity contribution in [1.29, 1.82) is 0 Å². The van der Waals surface area contributed by atoms with Crippen LogP contribution in [0.3, 0.4) is 0 Å². The van der Waals surface area contributed by atoms with Gasteiger partial charge in [0.1, 0.15) is 5.52 Å². The molecule has 1 aliphatic rings. The summed E-state index contributed by atoms with van der Waals surface area (Å²) in [5, 5.41) is 0.400. The molecule has 0 N–H and O–H groups in total. The fraction of sp³-hybridized carbons (Fsp3) is 0.481. The number of anilines is 1. The molecular formula is C27H37ClN4O5S3. The molecule has 1 aliphatic heterocycles. The number of sulfone groups is 1. The predicted octanol–water partition coefficient (Wildman–Crippen LogP) is 4.67. The Morgan fingerprint density at radius 1 is 1.02 bits per heavy atom. The number of halogens is 1. The number of benzene rings is 2. The van der Waals surface area contributed by atoms with Crippen LogP contribution in [0.2, 0.25) is 0 Å². The maximum Gasteiger partial charge on any atom is 0.260 e. The molecule has 3 aromatic rings. The maximum atomic E-state index is 13.8. The van der Waals surface area contributed by atoms with E-state index in [1.54, 1.807) is 33.5 Å². The lowest BCUT2D eigenvalue weighted by Gasteiger charge is -2.32. The molecule has 220 valence electrons. The van der Waals surface area contributed by atoms with E-state index in [4.69, 9.17) is 0 Å². The first-order valence-corrected chi connectivity index (χ1v) is 17.4. The van der Waals surface area contributed by atoms with E-state index in [9.17, 15) is 21.6 Å². The number of hydrogen-bond donors (Lipinski definition) is 0. The lowest BCUT2D eigenvalue weighted by molar-refractivity contribution is 0.0983. The van der Waals surface area contributed by atoms with Crippen molar-refractivity contribution < 1.29 is 21.6 Å². The maximum absolute atomic E-state index is 13.8. The topological polar surface area (TPSA) is 108 Å². The monoisotopic (exact) mass is 628 g/mol. The van der Waals surface area contributed by atoms with Gasteiger partial charge in [0.25, 0.3) is 5.91 Å². The summed E-state index contributed by atoms with van der Waals surface area (Å²) in [6.45, 7) is 9.11. The molecule has 1 atom stereocenters. The molecule has 2 heterocycles. The van der Waals surface area contributed by atoms with Gasteiger partial charge < -0.3 is 4.90 Å². The number of carbonyl (C=O) groups excluding carboxylic acids is 1. The summed E-state index contributed by atoms with van der Waals surface area (Å²) in [6.07, 6.45) is 3.83. The van der Waals surface area contributed by atoms with Crippen molar-refractivity contribution in [2.24, 2.45) is 0 Å². The third-order valence-corrected chi connectivity index (χ3v) is 11.4. The van der Waals surface area contributed by atoms with Crippen LogP contribution in [0.25, 0.3) is 10.2 Å². The Kier molecular flexibility index (Phi) is 10.7. The zero-order valence-corrected chi connectivity index (χ0v) is 26.5. The number of rotatable bonds is 10. The van der Waals surface area contributed by atoms with Crippen LogP contribution in [0.5, 0.6) is 0 Å². The first-order chi connectivity index (χ1) is 18.5. The Labute approximate surface area is 247 Å². The van der Waals surface area contributed by atoms with Gasteiger partial charge in [0, 0.05) is 37.5 Å². The van der Waals surface area contributed by atoms with E-state index in [0.29, 0.717) is 40.5 Å². The van der Waals surface area contributed by atoms with E-state index in [1.165, 1.54) is 29.5 Å². The number of sulfonamides is 1. The highest BCUT2D eigenvalue weighted by molar-refractivity contribution is 7.91. The Hall–Kier alpha value is -2.09. The van der Waals surface area contributed by atoms with Gasteiger partial charge in [0.05, 0.1) is 14.5 Å². The first kappa shape index (κ1) is 32.4. The van der Waals surface area contributed by atoms with Crippen LogP contribution in [0, 0.1) is 0 Å². The third-order valence-electron chi connectivity index (χ3n) is 7.23. The van der Waals surface area contributed by atoms with Crippen molar-refractivity contribution in [2.45, 2.75) is 55.9 Å². The number of fused-ring (bicyclic) bond motifs is 1. The molecule has 1 fully saturated rings. The van der Waals surface area contributed by atoms with Gasteiger partial charge in [0.2, 0.25) is 10.0 Å². The minimum Gasteiger partial charge on any atom is -0.302 e. The number of aromatic nitrogens is 1. The lowest BCUT2D eigenvalue weighted by atomic mass is 10.1. The summed E-state index contributed by atoms with van der Waals surface area (Å²) in [5.41, 5.74) is 0.681. The van der Waals surface area contributed by atoms with Crippen LogP contribution < -0.4 is 4.90 Å². The average molecular weight is 629 g/mol. The van der Waals surface area contributed by atoms with Gasteiger partial charge in [-0.1, -0.05) is 37.7 Å². The van der Waals surface area contributed by atoms with Crippen molar-refractivity contribution >= 4 is 64.9 Å². The molecule has 0 aliphatic carbocycles. The fourth-order valence-corrected chi connectivity index (χ4v) is 8.49. The number of thiazole rings is 1. The molecule has 4 rings (SSSR count). The minimum absolute atomic E-state index is 0. The van der Waals surface area contributed by atoms with Crippen LogP contribution >= 0.6 is 23.7 Å². The summed E-state index contributed by atoms with van der Waals surface area (Å²) >= 11 is 1.26. The van der Waals surface area contributed by atoms with Crippen molar-refractivity contribution in [1.82, 2.24) is 14.2 Å². The highest BCUT2D eigenvalue weighted by Crippen LogP contribution is 2.33. The minimum atomic E-state index is -3.66. The summed E-state index contributed by atoms with van der Waals surface area (Å²) in [5.74, 6) is -0.322. The zero-order valence-electron chi connectivity index (χ0n) is 23.2. The summed E-state index contributed by atoms with van der Waals surface area (Å²) in [7, 11) is -7.16. The van der Waals surface area contributed by atoms with Gasteiger partial charge in [-0.05, 0) is 69.3 Å². The van der Waals surface area contributed by atoms with Gasteiger partial charge in [-0.2, -0.15) is 4.31 Å². The normalized spacial score (nSPS) is 16.7. The van der Waals surface area contributed by atoms with Crippen molar-refractivity contribution in [3.8, 4) is 0 Å². The molecule has 1 amide bonds. The van der Waals surface area contributed by atoms with E-state index in [2.05, 4.69) is 9.88 Å². The molecule has 0 saturated carbocycles. The SMILES string of the molecule is CCN(CC)CCN(C(=O)c1ccc(S(=O)(=O)N2CCCCC2C)cc1)c1nc2c(S(C)(=O)=O)cccc2s1.Cl. The highest BCUT2D eigenvalue weighted by atomic mass is 35.5. The molecule has 0 radical (unpaired) electrons. The van der Waals surface area contributed by atoms with E-state index < -0.39 is 19.9 Å². The number of piperidine rings is 1. The second kappa shape index (κ2) is 13.3. The van der Waals surface area contributed by atoms with E-state index in [-0.39, 0.29) is 34.1 Å². The summed E-state index contributed by atoms with van der Waals surface area (Å²) in [4.78, 5) is 22.4. The van der Waals surface area contributed by atoms with Gasteiger partial charge in [-0.25, -0.2) is 21.8 Å². The molecule has 0 spiro atoms. The number of amides is 1. The largest absolute Gasteiger partial charge is 0.302 e. The molecule has 13 heteroatoms. The smallest absolute Gasteiger partial charge is 0.260 e. The molecule has 40 heavy (non-hydrogen) atoms. The van der Waals surface area contributed by atoms with Crippen molar-refractivity contribution in [2.75, 3.05) is 43.9 Å². The Morgan fingerprint density at radius 3 is 2.30 bits per heavy atom. The molecular weight excluding hydrogens is 592 g/mol. The number of carbonyl (C=O) groups is 1. The van der Waals surface area contributed by atoms with Crippen LogP contribution in [0.4, 0.5) is 5.13 Å². The Balaban J connectivity index is 0.00000441. The number of para-hydroxylation sites is 1. The average Bonchev–Trinajstić information content (AvgIpc) is 3.34. The van der Waals surface area contributed by atoms with Crippen molar-refractivity contribution in [3.63, 3.8) is 0 Å². The van der Waals surface area contributed by atoms with Crippen LogP contribution in [-0.2, 0) is 19.9 Å². The van der Waals surface area contributed by atoms with E-state index >= 15 is 0 Å². The lowest BCUT2D eigenvalue weighted by Crippen LogP contribution is -2.42. The predicted molar refractivity (Wildman–Crippen MR) is 163 cm³/mol. The van der Waals surface area contributed by atoms with Gasteiger partial charge in [-0.3, -0.25) is 9.69 Å². The molecule has 1 saturated heterocycles. The summed E-state index contributed by atoms with van der Waals surface area (Å²) in [6, 6.07) is 11.0. The third kappa shape index (κ3) is 6.85. The van der Waals surface area contributed by atoms with Crippen LogP contribution in [0.1, 0.15) is 50.4 Å². The fourth-order valence-electron chi connectivity index (χ4n) is 4.88. The standard InChI is InChI=1S/C27H36N4O5S3.ClH/c1-5-29(6-2)18-19-30(27-28-25-23(37-27)11-9-12-24(25)38(4,33)34)26(32)21-13-15-22(16-14-21)39(35,36)31-17-8-7-10-20(31)3;/h9,11-16,20H,5-8,10,17-19H2,1-4H3;1H. The number of likely N-dealkylation sites (N-methyl/N-ethyl adjacent to an activating group) is 1. The van der Waals surface area contributed by atoms with Crippen LogP contribution in [-0.4, -0.2) is 82.0 Å². The van der Waals surface area contributed by atoms with Gasteiger partial charge in [0.15, 0.2) is 15.0 Å². The molecule has 1 aromatic heterocycles. The van der Waals surface area contributed by atoms with Crippen molar-refractivity contribution in [3.05, 3.63) is 48.0 Å². The highest BCUT2D eigenvalue weighted by Gasteiger charge is 2.31. The van der Waals surface area contributed by atoms with Crippen LogP contribution in [0.15, 0.2) is 52.3 Å². The number of nitrogens with zero attached hydrogens (tertiary/aromatic N) is 4. The van der Waals surface area contributed by atoms with Gasteiger partial charge in [-0.15, -0.1) is 12.4 Å². The van der Waals surface area contributed by atoms with E-state index in [0.717, 1.165) is 38.6 Å². The van der Waals surface area contributed by atoms with Gasteiger partial charge >= 0.3 is 0 Å². The molecule has 1 unspecified atom stereocenters.